The van der Waals surface area contributed by atoms with Gasteiger partial charge in [0.1, 0.15) is 5.82 Å². The zero-order chi connectivity index (χ0) is 15.4. The summed E-state index contributed by atoms with van der Waals surface area (Å²) >= 11 is 0. The van der Waals surface area contributed by atoms with Crippen LogP contribution in [0.5, 0.6) is 0 Å². The molecule has 1 aromatic carbocycles. The van der Waals surface area contributed by atoms with E-state index in [1.54, 1.807) is 0 Å². The maximum Gasteiger partial charge on any atom is 0.139 e. The molecule has 0 aliphatic heterocycles. The van der Waals surface area contributed by atoms with Crippen molar-refractivity contribution in [1.29, 1.82) is 0 Å². The summed E-state index contributed by atoms with van der Waals surface area (Å²) in [4.78, 5) is 4.45. The summed E-state index contributed by atoms with van der Waals surface area (Å²) in [7, 11) is 1.91. The molecule has 0 aliphatic rings. The predicted molar refractivity (Wildman–Crippen MR) is 93.2 cm³/mol. The van der Waals surface area contributed by atoms with Crippen molar-refractivity contribution in [3.63, 3.8) is 0 Å². The van der Waals surface area contributed by atoms with Gasteiger partial charge in [0.2, 0.25) is 0 Å². The van der Waals surface area contributed by atoms with Gasteiger partial charge in [-0.3, -0.25) is 0 Å². The third-order valence-corrected chi connectivity index (χ3v) is 3.68. The van der Waals surface area contributed by atoms with Gasteiger partial charge in [-0.25, -0.2) is 4.98 Å². The van der Waals surface area contributed by atoms with Gasteiger partial charge in [-0.1, -0.05) is 30.3 Å². The highest BCUT2D eigenvalue weighted by Gasteiger charge is 2.03. The number of hydrogen-bond donors (Lipinski definition) is 1. The summed E-state index contributed by atoms with van der Waals surface area (Å²) < 4.78 is 2.08. The molecule has 3 rings (SSSR count). The van der Waals surface area contributed by atoms with Crippen LogP contribution in [0, 0.1) is 6.92 Å². The number of aryl methyl sites for hydroxylation is 1. The van der Waals surface area contributed by atoms with E-state index >= 15 is 0 Å². The molecule has 0 atom stereocenters. The molecule has 3 heteroatoms. The Morgan fingerprint density at radius 1 is 1.05 bits per heavy atom. The topological polar surface area (TPSA) is 29.9 Å². The number of pyridine rings is 1. The Morgan fingerprint density at radius 2 is 1.91 bits per heavy atom. The van der Waals surface area contributed by atoms with E-state index in [1.807, 2.05) is 37.6 Å². The van der Waals surface area contributed by atoms with Gasteiger partial charge < -0.3 is 9.88 Å². The molecule has 0 fully saturated rings. The van der Waals surface area contributed by atoms with Crippen LogP contribution in [0.15, 0.2) is 60.9 Å². The molecule has 0 bridgehead atoms. The molecule has 2 heterocycles. The quantitative estimate of drug-likeness (QED) is 0.772. The summed E-state index contributed by atoms with van der Waals surface area (Å²) in [6.07, 6.45) is 8.11. The molecule has 22 heavy (non-hydrogen) atoms. The van der Waals surface area contributed by atoms with Gasteiger partial charge in [-0.2, -0.15) is 0 Å². The highest BCUT2D eigenvalue weighted by Crippen LogP contribution is 2.17. The second-order valence-corrected chi connectivity index (χ2v) is 5.15. The maximum atomic E-state index is 4.45. The number of nitrogens with zero attached hydrogens (tertiary/aromatic N) is 2. The largest absolute Gasteiger partial charge is 0.388 e. The van der Waals surface area contributed by atoms with Crippen LogP contribution in [0.2, 0.25) is 0 Å². The van der Waals surface area contributed by atoms with Gasteiger partial charge in [0.05, 0.1) is 0 Å². The second kappa shape index (κ2) is 6.31. The van der Waals surface area contributed by atoms with E-state index in [2.05, 4.69) is 64.3 Å². The van der Waals surface area contributed by atoms with Gasteiger partial charge in [-0.05, 0) is 42.3 Å². The van der Waals surface area contributed by atoms with E-state index in [0.29, 0.717) is 0 Å². The van der Waals surface area contributed by atoms with Crippen LogP contribution in [0.1, 0.15) is 16.8 Å². The van der Waals surface area contributed by atoms with Gasteiger partial charge in [0, 0.05) is 36.9 Å². The summed E-state index contributed by atoms with van der Waals surface area (Å²) in [6, 6.07) is 16.5. The van der Waals surface area contributed by atoms with Crippen molar-refractivity contribution in [3.05, 3.63) is 77.7 Å². The number of anilines is 1. The van der Waals surface area contributed by atoms with Crippen LogP contribution in [-0.2, 0) is 0 Å². The lowest BCUT2D eigenvalue weighted by Gasteiger charge is -2.07. The van der Waals surface area contributed by atoms with Crippen molar-refractivity contribution >= 4 is 17.8 Å². The Bertz CT molecular complexity index is 800. The Balaban J connectivity index is 1.94. The van der Waals surface area contributed by atoms with E-state index in [1.165, 1.54) is 11.1 Å². The molecular formula is C19H19N3. The molecule has 3 aromatic rings. The fourth-order valence-electron chi connectivity index (χ4n) is 2.39. The van der Waals surface area contributed by atoms with Crippen LogP contribution < -0.4 is 5.32 Å². The number of aromatic nitrogens is 2. The summed E-state index contributed by atoms with van der Waals surface area (Å²) in [5.41, 5.74) is 4.65. The second-order valence-electron chi connectivity index (χ2n) is 5.15. The molecule has 0 aliphatic carbocycles. The Morgan fingerprint density at radius 3 is 2.73 bits per heavy atom. The van der Waals surface area contributed by atoms with Gasteiger partial charge in [0.15, 0.2) is 0 Å². The molecule has 0 saturated heterocycles. The van der Waals surface area contributed by atoms with E-state index < -0.39 is 0 Å². The Hall–Kier alpha value is -2.81. The molecule has 0 spiro atoms. The van der Waals surface area contributed by atoms with Crippen molar-refractivity contribution in [2.45, 2.75) is 6.92 Å². The Kier molecular flexibility index (Phi) is 4.05. The first-order chi connectivity index (χ1) is 10.8. The molecule has 0 unspecified atom stereocenters. The van der Waals surface area contributed by atoms with Crippen molar-refractivity contribution in [3.8, 4) is 5.82 Å². The lowest BCUT2D eigenvalue weighted by molar-refractivity contribution is 0.997. The smallest absolute Gasteiger partial charge is 0.139 e. The van der Waals surface area contributed by atoms with Gasteiger partial charge in [-0.15, -0.1) is 0 Å². The van der Waals surface area contributed by atoms with E-state index in [-0.39, 0.29) is 0 Å². The first-order valence-corrected chi connectivity index (χ1v) is 7.33. The summed E-state index contributed by atoms with van der Waals surface area (Å²) in [5.74, 6) is 0.904. The standard InChI is InChI=1S/C19H19N3/c1-15-6-3-4-7-16(15)9-10-18-8-5-13-22(18)19-14-17(20-2)11-12-21-19/h3-14H,1-2H3,(H,20,21). The van der Waals surface area contributed by atoms with Crippen LogP contribution >= 0.6 is 0 Å². The lowest BCUT2D eigenvalue weighted by atomic mass is 10.1. The fourth-order valence-corrected chi connectivity index (χ4v) is 2.39. The third kappa shape index (κ3) is 2.93. The van der Waals surface area contributed by atoms with E-state index in [9.17, 15) is 0 Å². The molecule has 110 valence electrons. The third-order valence-electron chi connectivity index (χ3n) is 3.68. The van der Waals surface area contributed by atoms with Gasteiger partial charge >= 0.3 is 0 Å². The average molecular weight is 289 g/mol. The maximum absolute atomic E-state index is 4.45. The van der Waals surface area contributed by atoms with E-state index in [0.717, 1.165) is 17.2 Å². The van der Waals surface area contributed by atoms with Crippen molar-refractivity contribution < 1.29 is 0 Å². The van der Waals surface area contributed by atoms with E-state index in [4.69, 9.17) is 0 Å². The minimum absolute atomic E-state index is 0.904. The normalized spacial score (nSPS) is 11.0. The zero-order valence-corrected chi connectivity index (χ0v) is 12.8. The van der Waals surface area contributed by atoms with Crippen molar-refractivity contribution in [2.24, 2.45) is 0 Å². The molecule has 0 amide bonds. The molecule has 3 nitrogen and oxygen atoms in total. The molecule has 1 N–H and O–H groups in total. The number of nitrogens with one attached hydrogen (secondary N) is 1. The highest BCUT2D eigenvalue weighted by molar-refractivity contribution is 5.70. The minimum Gasteiger partial charge on any atom is -0.388 e. The van der Waals surface area contributed by atoms with Crippen LogP contribution in [0.25, 0.3) is 18.0 Å². The van der Waals surface area contributed by atoms with Crippen LogP contribution in [0.4, 0.5) is 5.69 Å². The average Bonchev–Trinajstić information content (AvgIpc) is 3.03. The number of rotatable bonds is 4. The monoisotopic (exact) mass is 289 g/mol. The van der Waals surface area contributed by atoms with Crippen molar-refractivity contribution in [2.75, 3.05) is 12.4 Å². The first-order valence-electron chi connectivity index (χ1n) is 7.33. The molecule has 2 aromatic heterocycles. The molecule has 0 saturated carbocycles. The number of benzene rings is 1. The summed E-state index contributed by atoms with van der Waals surface area (Å²) in [6.45, 7) is 2.12. The SMILES string of the molecule is CNc1ccnc(-n2cccc2C=Cc2ccccc2C)c1. The highest BCUT2D eigenvalue weighted by atomic mass is 15.1. The van der Waals surface area contributed by atoms with Gasteiger partial charge in [0.25, 0.3) is 0 Å². The fraction of sp³-hybridized carbons (Fsp3) is 0.105. The summed E-state index contributed by atoms with van der Waals surface area (Å²) in [5, 5.41) is 3.14. The Labute approximate surface area is 131 Å². The van der Waals surface area contributed by atoms with Crippen molar-refractivity contribution in [1.82, 2.24) is 9.55 Å². The van der Waals surface area contributed by atoms with Crippen LogP contribution in [-0.4, -0.2) is 16.6 Å². The lowest BCUT2D eigenvalue weighted by Crippen LogP contribution is -1.99. The number of hydrogen-bond acceptors (Lipinski definition) is 2. The molecule has 0 radical (unpaired) electrons. The zero-order valence-electron chi connectivity index (χ0n) is 12.8. The minimum atomic E-state index is 0.904. The first kappa shape index (κ1) is 14.1. The predicted octanol–water partition coefficient (Wildman–Crippen LogP) is 4.39. The molecular weight excluding hydrogens is 270 g/mol. The van der Waals surface area contributed by atoms with Crippen LogP contribution in [0.3, 0.4) is 0 Å².